The number of hydrogen-bond acceptors (Lipinski definition) is 3. The van der Waals surface area contributed by atoms with Crippen LogP contribution in [0.1, 0.15) is 6.92 Å². The number of aromatic hydroxyl groups is 1. The van der Waals surface area contributed by atoms with Crippen molar-refractivity contribution in [2.24, 2.45) is 0 Å². The van der Waals surface area contributed by atoms with Crippen LogP contribution in [-0.4, -0.2) is 18.4 Å². The topological polar surface area (TPSA) is 49.3 Å². The number of carbonyl (C=O) groups is 1. The Kier molecular flexibility index (Phi) is 5.43. The number of aldehydes is 1. The molecular formula is C9H13NO2. The molecule has 66 valence electrons. The summed E-state index contributed by atoms with van der Waals surface area (Å²) in [6.07, 6.45) is 0.750. The fourth-order valence-electron chi connectivity index (χ4n) is 0.628. The highest BCUT2D eigenvalue weighted by Crippen LogP contribution is 2.12. The predicted octanol–water partition coefficient (Wildman–Crippen LogP) is 1.64. The second kappa shape index (κ2) is 6.22. The molecule has 1 rings (SSSR count). The minimum Gasteiger partial charge on any atom is -0.508 e. The van der Waals surface area contributed by atoms with Gasteiger partial charge < -0.3 is 15.2 Å². The van der Waals surface area contributed by atoms with Gasteiger partial charge in [0.1, 0.15) is 12.0 Å². The van der Waals surface area contributed by atoms with Crippen LogP contribution in [0.5, 0.6) is 5.75 Å². The van der Waals surface area contributed by atoms with E-state index in [2.05, 4.69) is 5.32 Å². The quantitative estimate of drug-likeness (QED) is 0.493. The molecule has 0 aliphatic rings. The van der Waals surface area contributed by atoms with Gasteiger partial charge >= 0.3 is 0 Å². The monoisotopic (exact) mass is 167 g/mol. The van der Waals surface area contributed by atoms with Gasteiger partial charge in [0.2, 0.25) is 0 Å². The zero-order valence-corrected chi connectivity index (χ0v) is 7.24. The highest BCUT2D eigenvalue weighted by atomic mass is 16.3. The summed E-state index contributed by atoms with van der Waals surface area (Å²) in [6.45, 7) is 1.44. The van der Waals surface area contributed by atoms with Gasteiger partial charge in [-0.1, -0.05) is 0 Å². The Morgan fingerprint density at radius 3 is 2.08 bits per heavy atom. The van der Waals surface area contributed by atoms with Crippen LogP contribution < -0.4 is 5.32 Å². The Morgan fingerprint density at radius 1 is 1.33 bits per heavy atom. The molecule has 3 heteroatoms. The smallest absolute Gasteiger partial charge is 0.116 e. The number of hydrogen-bond donors (Lipinski definition) is 2. The van der Waals surface area contributed by atoms with Gasteiger partial charge in [0.25, 0.3) is 0 Å². The van der Waals surface area contributed by atoms with Gasteiger partial charge in [-0.05, 0) is 31.2 Å². The lowest BCUT2D eigenvalue weighted by molar-refractivity contribution is -0.106. The van der Waals surface area contributed by atoms with E-state index >= 15 is 0 Å². The second-order valence-electron chi connectivity index (χ2n) is 2.03. The van der Waals surface area contributed by atoms with Gasteiger partial charge in [0, 0.05) is 12.7 Å². The lowest BCUT2D eigenvalue weighted by Crippen LogP contribution is -1.84. The predicted molar refractivity (Wildman–Crippen MR) is 49.4 cm³/mol. The second-order valence-corrected chi connectivity index (χ2v) is 2.03. The normalized spacial score (nSPS) is 7.83. The Labute approximate surface area is 72.0 Å². The van der Waals surface area contributed by atoms with Gasteiger partial charge in [-0.15, -0.1) is 0 Å². The minimum absolute atomic E-state index is 0.300. The number of nitrogens with one attached hydrogen (secondary N) is 1. The van der Waals surface area contributed by atoms with Gasteiger partial charge in [0.05, 0.1) is 0 Å². The summed E-state index contributed by atoms with van der Waals surface area (Å²) < 4.78 is 0. The van der Waals surface area contributed by atoms with E-state index < -0.39 is 0 Å². The summed E-state index contributed by atoms with van der Waals surface area (Å²) in [5.41, 5.74) is 1.01. The standard InChI is InChI=1S/C7H9NO.C2H4O/c1-8-6-2-4-7(9)5-3-6;1-2-3/h2-5,8-9H,1H3;2H,1H3. The molecule has 0 bridgehead atoms. The molecule has 0 aromatic heterocycles. The number of carbonyl (C=O) groups excluding carboxylic acids is 1. The van der Waals surface area contributed by atoms with Crippen molar-refractivity contribution >= 4 is 12.0 Å². The maximum atomic E-state index is 8.82. The molecule has 3 nitrogen and oxygen atoms in total. The van der Waals surface area contributed by atoms with Gasteiger partial charge in [0.15, 0.2) is 0 Å². The molecule has 0 saturated carbocycles. The van der Waals surface area contributed by atoms with E-state index in [0.717, 1.165) is 12.0 Å². The first-order valence-electron chi connectivity index (χ1n) is 3.61. The third-order valence-electron chi connectivity index (χ3n) is 1.16. The molecule has 2 N–H and O–H groups in total. The van der Waals surface area contributed by atoms with Crippen LogP contribution in [0.15, 0.2) is 24.3 Å². The van der Waals surface area contributed by atoms with E-state index in [0.29, 0.717) is 5.75 Å². The number of anilines is 1. The number of benzene rings is 1. The van der Waals surface area contributed by atoms with E-state index in [9.17, 15) is 0 Å². The van der Waals surface area contributed by atoms with Crippen LogP contribution in [0.4, 0.5) is 5.69 Å². The van der Waals surface area contributed by atoms with Gasteiger partial charge in [-0.2, -0.15) is 0 Å². The van der Waals surface area contributed by atoms with Crippen molar-refractivity contribution in [2.75, 3.05) is 12.4 Å². The first-order valence-corrected chi connectivity index (χ1v) is 3.61. The van der Waals surface area contributed by atoms with Crippen LogP contribution in [0.25, 0.3) is 0 Å². The molecule has 0 radical (unpaired) electrons. The fourth-order valence-corrected chi connectivity index (χ4v) is 0.628. The first-order chi connectivity index (χ1) is 5.74. The van der Waals surface area contributed by atoms with Crippen LogP contribution in [0, 0.1) is 0 Å². The Hall–Kier alpha value is -1.51. The molecule has 12 heavy (non-hydrogen) atoms. The van der Waals surface area contributed by atoms with Crippen molar-refractivity contribution in [3.05, 3.63) is 24.3 Å². The maximum Gasteiger partial charge on any atom is 0.116 e. The average molecular weight is 167 g/mol. The summed E-state index contributed by atoms with van der Waals surface area (Å²) >= 11 is 0. The van der Waals surface area contributed by atoms with Crippen molar-refractivity contribution in [2.45, 2.75) is 6.92 Å². The van der Waals surface area contributed by atoms with E-state index in [4.69, 9.17) is 9.90 Å². The van der Waals surface area contributed by atoms with E-state index in [1.165, 1.54) is 6.92 Å². The zero-order valence-electron chi connectivity index (χ0n) is 7.24. The highest BCUT2D eigenvalue weighted by Gasteiger charge is 1.85. The van der Waals surface area contributed by atoms with Crippen molar-refractivity contribution in [1.29, 1.82) is 0 Å². The van der Waals surface area contributed by atoms with E-state index in [-0.39, 0.29) is 0 Å². The van der Waals surface area contributed by atoms with Crippen molar-refractivity contribution in [1.82, 2.24) is 0 Å². The lowest BCUT2D eigenvalue weighted by atomic mass is 10.3. The molecular weight excluding hydrogens is 154 g/mol. The summed E-state index contributed by atoms with van der Waals surface area (Å²) in [4.78, 5) is 8.81. The molecule has 0 aliphatic carbocycles. The van der Waals surface area contributed by atoms with Crippen molar-refractivity contribution in [3.63, 3.8) is 0 Å². The molecule has 0 fully saturated rings. The molecule has 0 unspecified atom stereocenters. The minimum atomic E-state index is 0.300. The fraction of sp³-hybridized carbons (Fsp3) is 0.222. The number of phenols is 1. The van der Waals surface area contributed by atoms with Crippen molar-refractivity contribution < 1.29 is 9.90 Å². The molecule has 0 spiro atoms. The maximum absolute atomic E-state index is 8.82. The third kappa shape index (κ3) is 4.33. The summed E-state index contributed by atoms with van der Waals surface area (Å²) in [5.74, 6) is 0.300. The number of phenolic OH excluding ortho intramolecular Hbond substituents is 1. The largest absolute Gasteiger partial charge is 0.508 e. The lowest BCUT2D eigenvalue weighted by Gasteiger charge is -1.96. The van der Waals surface area contributed by atoms with Gasteiger partial charge in [-0.25, -0.2) is 0 Å². The third-order valence-corrected chi connectivity index (χ3v) is 1.16. The van der Waals surface area contributed by atoms with Crippen LogP contribution in [0.3, 0.4) is 0 Å². The molecule has 0 saturated heterocycles. The van der Waals surface area contributed by atoms with E-state index in [1.807, 2.05) is 19.2 Å². The Bertz CT molecular complexity index is 218. The van der Waals surface area contributed by atoms with Gasteiger partial charge in [-0.3, -0.25) is 0 Å². The summed E-state index contributed by atoms with van der Waals surface area (Å²) in [6, 6.07) is 6.92. The molecule has 0 aliphatic heterocycles. The molecule has 1 aromatic carbocycles. The summed E-state index contributed by atoms with van der Waals surface area (Å²) in [5, 5.41) is 11.8. The van der Waals surface area contributed by atoms with Crippen LogP contribution in [0.2, 0.25) is 0 Å². The Morgan fingerprint density at radius 2 is 1.75 bits per heavy atom. The first kappa shape index (κ1) is 10.5. The molecule has 0 amide bonds. The van der Waals surface area contributed by atoms with Crippen molar-refractivity contribution in [3.8, 4) is 5.75 Å². The molecule has 0 heterocycles. The SMILES string of the molecule is CC=O.CNc1ccc(O)cc1. The summed E-state index contributed by atoms with van der Waals surface area (Å²) in [7, 11) is 1.84. The zero-order chi connectivity index (χ0) is 9.40. The van der Waals surface area contributed by atoms with Crippen LogP contribution in [-0.2, 0) is 4.79 Å². The van der Waals surface area contributed by atoms with Crippen LogP contribution >= 0.6 is 0 Å². The highest BCUT2D eigenvalue weighted by molar-refractivity contribution is 5.45. The average Bonchev–Trinajstić information content (AvgIpc) is 2.07. The Balaban J connectivity index is 0.000000354. The van der Waals surface area contributed by atoms with E-state index in [1.54, 1.807) is 12.1 Å². The number of rotatable bonds is 1. The molecule has 1 aromatic rings. The molecule has 0 atom stereocenters.